The molecule has 2 saturated heterocycles. The van der Waals surface area contributed by atoms with Crippen LogP contribution in [-0.4, -0.2) is 63.7 Å². The van der Waals surface area contributed by atoms with Gasteiger partial charge in [-0.05, 0) is 33.1 Å². The molecule has 2 aliphatic rings. The van der Waals surface area contributed by atoms with Gasteiger partial charge >= 0.3 is 11.8 Å². The number of thioether (sulfide) groups is 1. The molecule has 1 N–H and O–H groups in total. The largest absolute Gasteiger partial charge is 0.346 e. The van der Waals surface area contributed by atoms with Gasteiger partial charge in [0, 0.05) is 25.2 Å². The minimum Gasteiger partial charge on any atom is -0.346 e. The number of nitrogens with zero attached hydrogens (tertiary/aromatic N) is 2. The van der Waals surface area contributed by atoms with E-state index in [1.807, 2.05) is 13.8 Å². The van der Waals surface area contributed by atoms with Crippen molar-refractivity contribution in [1.82, 2.24) is 15.1 Å². The molecule has 2 fully saturated rings. The first-order chi connectivity index (χ1) is 10.4. The van der Waals surface area contributed by atoms with Gasteiger partial charge in [0.25, 0.3) is 5.24 Å². The topological polar surface area (TPSA) is 86.8 Å². The van der Waals surface area contributed by atoms with E-state index in [-0.39, 0.29) is 42.1 Å². The lowest BCUT2D eigenvalue weighted by Gasteiger charge is -2.38. The van der Waals surface area contributed by atoms with Crippen LogP contribution in [0.3, 0.4) is 0 Å². The lowest BCUT2D eigenvalue weighted by Crippen LogP contribution is -2.53. The van der Waals surface area contributed by atoms with Gasteiger partial charge in [-0.1, -0.05) is 11.8 Å². The molecule has 0 aromatic rings. The third-order valence-corrected chi connectivity index (χ3v) is 4.94. The number of piperidine rings is 1. The molecule has 0 aromatic carbocycles. The number of hydrogen-bond donors (Lipinski definition) is 1. The second kappa shape index (κ2) is 7.13. The van der Waals surface area contributed by atoms with Crippen molar-refractivity contribution < 1.29 is 19.2 Å². The van der Waals surface area contributed by atoms with Gasteiger partial charge < -0.3 is 10.2 Å². The summed E-state index contributed by atoms with van der Waals surface area (Å²) in [6.07, 6.45) is 2.86. The fraction of sp³-hybridized carbons (Fsp3) is 0.714. The monoisotopic (exact) mass is 327 g/mol. The standard InChI is InChI=1S/C14H21N3O4S/c1-9-4-3-5-10(2)17(9)13(20)12(19)15-6-7-16-11(18)8-22-14(16)21/h9-10H,3-8H2,1-2H3,(H,15,19). The Morgan fingerprint density at radius 2 is 1.86 bits per heavy atom. The Bertz CT molecular complexity index is 470. The molecule has 0 bridgehead atoms. The van der Waals surface area contributed by atoms with Crippen LogP contribution < -0.4 is 5.32 Å². The van der Waals surface area contributed by atoms with Crippen molar-refractivity contribution in [1.29, 1.82) is 0 Å². The fourth-order valence-corrected chi connectivity index (χ4v) is 3.64. The maximum Gasteiger partial charge on any atom is 0.312 e. The van der Waals surface area contributed by atoms with E-state index >= 15 is 0 Å². The normalized spacial score (nSPS) is 25.5. The van der Waals surface area contributed by atoms with Crippen molar-refractivity contribution in [2.45, 2.75) is 45.2 Å². The first kappa shape index (κ1) is 16.8. The van der Waals surface area contributed by atoms with Gasteiger partial charge in [0.15, 0.2) is 0 Å². The minimum atomic E-state index is -0.674. The summed E-state index contributed by atoms with van der Waals surface area (Å²) in [5.74, 6) is -1.32. The summed E-state index contributed by atoms with van der Waals surface area (Å²) in [7, 11) is 0. The van der Waals surface area contributed by atoms with Crippen LogP contribution in [0.4, 0.5) is 4.79 Å². The molecule has 2 aliphatic heterocycles. The van der Waals surface area contributed by atoms with Gasteiger partial charge in [-0.15, -0.1) is 0 Å². The van der Waals surface area contributed by atoms with Crippen LogP contribution in [0.2, 0.25) is 0 Å². The zero-order valence-electron chi connectivity index (χ0n) is 12.8. The smallest absolute Gasteiger partial charge is 0.312 e. The molecule has 0 aliphatic carbocycles. The predicted octanol–water partition coefficient (Wildman–Crippen LogP) is 0.587. The number of carbonyl (C=O) groups is 4. The first-order valence-electron chi connectivity index (χ1n) is 7.49. The molecule has 7 nitrogen and oxygen atoms in total. The minimum absolute atomic E-state index is 0.0557. The predicted molar refractivity (Wildman–Crippen MR) is 82.2 cm³/mol. The molecule has 22 heavy (non-hydrogen) atoms. The Morgan fingerprint density at radius 3 is 2.41 bits per heavy atom. The molecule has 122 valence electrons. The molecule has 2 heterocycles. The second-order valence-corrected chi connectivity index (χ2v) is 6.62. The molecule has 0 radical (unpaired) electrons. The number of nitrogens with one attached hydrogen (secondary N) is 1. The van der Waals surface area contributed by atoms with Gasteiger partial charge in [-0.2, -0.15) is 0 Å². The Labute approximate surface area is 133 Å². The Hall–Kier alpha value is -1.57. The second-order valence-electron chi connectivity index (χ2n) is 5.70. The highest BCUT2D eigenvalue weighted by Gasteiger charge is 2.33. The number of amides is 4. The molecule has 0 aromatic heterocycles. The molecule has 8 heteroatoms. The van der Waals surface area contributed by atoms with E-state index in [0.29, 0.717) is 0 Å². The highest BCUT2D eigenvalue weighted by atomic mass is 32.2. The van der Waals surface area contributed by atoms with Gasteiger partial charge in [0.2, 0.25) is 5.91 Å². The number of hydrogen-bond acceptors (Lipinski definition) is 5. The summed E-state index contributed by atoms with van der Waals surface area (Å²) in [6.45, 7) is 4.09. The van der Waals surface area contributed by atoms with Crippen molar-refractivity contribution in [2.75, 3.05) is 18.8 Å². The molecule has 0 spiro atoms. The number of rotatable bonds is 3. The highest BCUT2D eigenvalue weighted by Crippen LogP contribution is 2.22. The number of carbonyl (C=O) groups excluding carboxylic acids is 4. The van der Waals surface area contributed by atoms with Crippen LogP contribution in [0, 0.1) is 0 Å². The Kier molecular flexibility index (Phi) is 5.44. The van der Waals surface area contributed by atoms with E-state index in [9.17, 15) is 19.2 Å². The Morgan fingerprint density at radius 1 is 1.23 bits per heavy atom. The third-order valence-electron chi connectivity index (χ3n) is 4.08. The summed E-state index contributed by atoms with van der Waals surface area (Å²) in [5.41, 5.74) is 0. The van der Waals surface area contributed by atoms with Crippen molar-refractivity contribution in [3.8, 4) is 0 Å². The zero-order valence-corrected chi connectivity index (χ0v) is 13.6. The lowest BCUT2D eigenvalue weighted by atomic mass is 9.97. The van der Waals surface area contributed by atoms with E-state index < -0.39 is 11.8 Å². The average molecular weight is 327 g/mol. The number of imide groups is 1. The Balaban J connectivity index is 1.82. The van der Waals surface area contributed by atoms with Gasteiger partial charge in [-0.25, -0.2) is 0 Å². The van der Waals surface area contributed by atoms with E-state index in [4.69, 9.17) is 0 Å². The van der Waals surface area contributed by atoms with Crippen LogP contribution in [-0.2, 0) is 14.4 Å². The number of likely N-dealkylation sites (tertiary alicyclic amines) is 1. The van der Waals surface area contributed by atoms with Crippen molar-refractivity contribution in [2.24, 2.45) is 0 Å². The van der Waals surface area contributed by atoms with E-state index in [1.54, 1.807) is 4.90 Å². The van der Waals surface area contributed by atoms with Gasteiger partial charge in [0.1, 0.15) is 0 Å². The molecule has 2 unspecified atom stereocenters. The quantitative estimate of drug-likeness (QED) is 0.767. The molecule has 2 rings (SSSR count). The van der Waals surface area contributed by atoms with Crippen LogP contribution in [0.1, 0.15) is 33.1 Å². The maximum absolute atomic E-state index is 12.2. The highest BCUT2D eigenvalue weighted by molar-refractivity contribution is 8.14. The molecular formula is C14H21N3O4S. The van der Waals surface area contributed by atoms with E-state index in [0.717, 1.165) is 35.9 Å². The summed E-state index contributed by atoms with van der Waals surface area (Å²) < 4.78 is 0. The lowest BCUT2D eigenvalue weighted by molar-refractivity contribution is -0.150. The summed E-state index contributed by atoms with van der Waals surface area (Å²) >= 11 is 0.951. The third kappa shape index (κ3) is 3.60. The van der Waals surface area contributed by atoms with Crippen molar-refractivity contribution >= 4 is 34.7 Å². The van der Waals surface area contributed by atoms with Crippen LogP contribution in [0.5, 0.6) is 0 Å². The van der Waals surface area contributed by atoms with E-state index in [1.165, 1.54) is 0 Å². The molecule has 0 saturated carbocycles. The fourth-order valence-electron chi connectivity index (χ4n) is 2.89. The summed E-state index contributed by atoms with van der Waals surface area (Å²) in [5, 5.41) is 2.20. The van der Waals surface area contributed by atoms with Crippen LogP contribution in [0.25, 0.3) is 0 Å². The maximum atomic E-state index is 12.2. The zero-order chi connectivity index (χ0) is 16.3. The van der Waals surface area contributed by atoms with Crippen molar-refractivity contribution in [3.63, 3.8) is 0 Å². The van der Waals surface area contributed by atoms with Crippen LogP contribution in [0.15, 0.2) is 0 Å². The van der Waals surface area contributed by atoms with E-state index in [2.05, 4.69) is 5.32 Å². The van der Waals surface area contributed by atoms with Gasteiger partial charge in [-0.3, -0.25) is 24.1 Å². The van der Waals surface area contributed by atoms with Crippen LogP contribution >= 0.6 is 11.8 Å². The SMILES string of the molecule is CC1CCCC(C)N1C(=O)C(=O)NCCN1C(=O)CSC1=O. The first-order valence-corrected chi connectivity index (χ1v) is 8.48. The molecule has 2 atom stereocenters. The van der Waals surface area contributed by atoms with Gasteiger partial charge in [0.05, 0.1) is 5.75 Å². The average Bonchev–Trinajstić information content (AvgIpc) is 2.78. The summed E-state index contributed by atoms with van der Waals surface area (Å²) in [4.78, 5) is 49.8. The van der Waals surface area contributed by atoms with Crippen molar-refractivity contribution in [3.05, 3.63) is 0 Å². The molecule has 4 amide bonds. The summed E-state index contributed by atoms with van der Waals surface area (Å²) in [6, 6.07) is 0.111. The molecular weight excluding hydrogens is 306 g/mol.